The molecule has 0 amide bonds. The van der Waals surface area contributed by atoms with E-state index in [0.29, 0.717) is 11.1 Å². The molecule has 1 aromatic rings. The van der Waals surface area contributed by atoms with Crippen LogP contribution in [0.2, 0.25) is 5.02 Å². The van der Waals surface area contributed by atoms with E-state index >= 15 is 0 Å². The summed E-state index contributed by atoms with van der Waals surface area (Å²) >= 11 is 5.72. The van der Waals surface area contributed by atoms with Gasteiger partial charge in [0.25, 0.3) is 0 Å². The summed E-state index contributed by atoms with van der Waals surface area (Å²) in [5.41, 5.74) is 0.765. The monoisotopic (exact) mass is 257 g/mol. The Labute approximate surface area is 108 Å². The molecule has 1 rings (SSSR count). The molecular formula is C14H21ClFN. The highest BCUT2D eigenvalue weighted by Gasteiger charge is 2.06. The molecule has 1 unspecified atom stereocenters. The van der Waals surface area contributed by atoms with Crippen LogP contribution >= 0.6 is 11.6 Å². The van der Waals surface area contributed by atoms with Crippen LogP contribution in [-0.4, -0.2) is 12.6 Å². The summed E-state index contributed by atoms with van der Waals surface area (Å²) < 4.78 is 13.5. The van der Waals surface area contributed by atoms with Gasteiger partial charge in [0.15, 0.2) is 0 Å². The average molecular weight is 258 g/mol. The van der Waals surface area contributed by atoms with Crippen molar-refractivity contribution in [3.05, 3.63) is 34.6 Å². The van der Waals surface area contributed by atoms with Crippen molar-refractivity contribution in [2.75, 3.05) is 6.54 Å². The molecule has 0 fully saturated rings. The normalized spacial score (nSPS) is 12.7. The maximum atomic E-state index is 13.5. The summed E-state index contributed by atoms with van der Waals surface area (Å²) in [4.78, 5) is 0. The van der Waals surface area contributed by atoms with Crippen molar-refractivity contribution >= 4 is 11.6 Å². The molecule has 3 heteroatoms. The Morgan fingerprint density at radius 2 is 2.12 bits per heavy atom. The molecule has 1 aromatic carbocycles. The van der Waals surface area contributed by atoms with Crippen molar-refractivity contribution in [3.8, 4) is 0 Å². The van der Waals surface area contributed by atoms with Gasteiger partial charge in [-0.3, -0.25) is 0 Å². The van der Waals surface area contributed by atoms with Crippen molar-refractivity contribution in [2.45, 2.75) is 45.6 Å². The first-order valence-electron chi connectivity index (χ1n) is 6.34. The zero-order valence-corrected chi connectivity index (χ0v) is 11.4. The van der Waals surface area contributed by atoms with Gasteiger partial charge in [0.05, 0.1) is 0 Å². The minimum atomic E-state index is -0.186. The highest BCUT2D eigenvalue weighted by atomic mass is 35.5. The van der Waals surface area contributed by atoms with E-state index in [0.717, 1.165) is 37.8 Å². The smallest absolute Gasteiger partial charge is 0.127 e. The molecule has 1 nitrogen and oxygen atoms in total. The maximum absolute atomic E-state index is 13.5. The quantitative estimate of drug-likeness (QED) is 0.772. The maximum Gasteiger partial charge on any atom is 0.127 e. The third-order valence-electron chi connectivity index (χ3n) is 3.00. The third kappa shape index (κ3) is 5.05. The average Bonchev–Trinajstić information content (AvgIpc) is 2.30. The zero-order valence-electron chi connectivity index (χ0n) is 10.6. The zero-order chi connectivity index (χ0) is 12.7. The van der Waals surface area contributed by atoms with Crippen LogP contribution < -0.4 is 5.32 Å². The van der Waals surface area contributed by atoms with Gasteiger partial charge in [0, 0.05) is 11.1 Å². The number of rotatable bonds is 7. The van der Waals surface area contributed by atoms with E-state index in [4.69, 9.17) is 11.6 Å². The van der Waals surface area contributed by atoms with Gasteiger partial charge in [-0.15, -0.1) is 0 Å². The van der Waals surface area contributed by atoms with Crippen molar-refractivity contribution in [2.24, 2.45) is 0 Å². The fourth-order valence-electron chi connectivity index (χ4n) is 2.00. The van der Waals surface area contributed by atoms with Crippen molar-refractivity contribution in [1.82, 2.24) is 5.32 Å². The summed E-state index contributed by atoms with van der Waals surface area (Å²) in [6.45, 7) is 5.28. The molecule has 1 atom stereocenters. The predicted octanol–water partition coefficient (Wildman–Crippen LogP) is 4.19. The van der Waals surface area contributed by atoms with Gasteiger partial charge in [0.2, 0.25) is 0 Å². The van der Waals surface area contributed by atoms with Gasteiger partial charge in [-0.05, 0) is 49.9 Å². The molecule has 0 spiro atoms. The van der Waals surface area contributed by atoms with Gasteiger partial charge in [-0.2, -0.15) is 0 Å². The van der Waals surface area contributed by atoms with Crippen molar-refractivity contribution in [1.29, 1.82) is 0 Å². The molecule has 0 aromatic heterocycles. The lowest BCUT2D eigenvalue weighted by atomic mass is 10.0. The Bertz CT molecular complexity index is 341. The molecule has 17 heavy (non-hydrogen) atoms. The van der Waals surface area contributed by atoms with E-state index in [1.54, 1.807) is 12.1 Å². The lowest BCUT2D eigenvalue weighted by molar-refractivity contribution is 0.464. The molecule has 0 saturated heterocycles. The molecule has 0 bridgehead atoms. The second kappa shape index (κ2) is 7.67. The molecule has 1 N–H and O–H groups in total. The summed E-state index contributed by atoms with van der Waals surface area (Å²) in [5, 5.41) is 3.89. The Morgan fingerprint density at radius 1 is 1.35 bits per heavy atom. The number of hydrogen-bond acceptors (Lipinski definition) is 1. The van der Waals surface area contributed by atoms with Crippen LogP contribution in [0.5, 0.6) is 0 Å². The number of nitrogens with one attached hydrogen (secondary N) is 1. The fraction of sp³-hybridized carbons (Fsp3) is 0.571. The first-order chi connectivity index (χ1) is 8.17. The first-order valence-corrected chi connectivity index (χ1v) is 6.72. The van der Waals surface area contributed by atoms with Crippen LogP contribution in [0.4, 0.5) is 4.39 Å². The standard InChI is InChI=1S/C14H21ClFN/c1-3-13(17-4-2)7-5-6-11-8-9-12(15)10-14(11)16/h8-10,13,17H,3-7H2,1-2H3. The molecule has 0 aliphatic carbocycles. The summed E-state index contributed by atoms with van der Waals surface area (Å²) in [6.07, 6.45) is 4.00. The van der Waals surface area contributed by atoms with Crippen LogP contribution in [0, 0.1) is 5.82 Å². The number of benzene rings is 1. The SMILES string of the molecule is CCNC(CC)CCCc1ccc(Cl)cc1F. The van der Waals surface area contributed by atoms with E-state index < -0.39 is 0 Å². The molecule has 0 heterocycles. The second-order valence-corrected chi connectivity index (χ2v) is 4.73. The van der Waals surface area contributed by atoms with Crippen molar-refractivity contribution in [3.63, 3.8) is 0 Å². The molecule has 96 valence electrons. The van der Waals surface area contributed by atoms with E-state index in [9.17, 15) is 4.39 Å². The molecule has 0 saturated carbocycles. The lowest BCUT2D eigenvalue weighted by Crippen LogP contribution is -2.28. The highest BCUT2D eigenvalue weighted by molar-refractivity contribution is 6.30. The van der Waals surface area contributed by atoms with Crippen LogP contribution in [0.25, 0.3) is 0 Å². The number of halogens is 2. The topological polar surface area (TPSA) is 12.0 Å². The minimum Gasteiger partial charge on any atom is -0.314 e. The first kappa shape index (κ1) is 14.5. The Balaban J connectivity index is 2.39. The van der Waals surface area contributed by atoms with Crippen LogP contribution in [-0.2, 0) is 6.42 Å². The van der Waals surface area contributed by atoms with Gasteiger partial charge in [0.1, 0.15) is 5.82 Å². The van der Waals surface area contributed by atoms with Gasteiger partial charge >= 0.3 is 0 Å². The molecule has 0 aliphatic heterocycles. The highest BCUT2D eigenvalue weighted by Crippen LogP contribution is 2.17. The van der Waals surface area contributed by atoms with Crippen molar-refractivity contribution < 1.29 is 4.39 Å². The Morgan fingerprint density at radius 3 is 2.71 bits per heavy atom. The fourth-order valence-corrected chi connectivity index (χ4v) is 2.16. The molecule has 0 aliphatic rings. The lowest BCUT2D eigenvalue weighted by Gasteiger charge is -2.15. The summed E-state index contributed by atoms with van der Waals surface area (Å²) in [5.74, 6) is -0.186. The number of aryl methyl sites for hydroxylation is 1. The molecular weight excluding hydrogens is 237 g/mol. The minimum absolute atomic E-state index is 0.186. The van der Waals surface area contributed by atoms with E-state index in [2.05, 4.69) is 19.2 Å². The van der Waals surface area contributed by atoms with Crippen LogP contribution in [0.3, 0.4) is 0 Å². The van der Waals surface area contributed by atoms with E-state index in [1.165, 1.54) is 6.07 Å². The van der Waals surface area contributed by atoms with E-state index in [-0.39, 0.29) is 5.82 Å². The second-order valence-electron chi connectivity index (χ2n) is 4.29. The predicted molar refractivity (Wildman–Crippen MR) is 72.1 cm³/mol. The Hall–Kier alpha value is -0.600. The van der Waals surface area contributed by atoms with Gasteiger partial charge < -0.3 is 5.32 Å². The van der Waals surface area contributed by atoms with Gasteiger partial charge in [-0.1, -0.05) is 31.5 Å². The van der Waals surface area contributed by atoms with Gasteiger partial charge in [-0.25, -0.2) is 4.39 Å². The summed E-state index contributed by atoms with van der Waals surface area (Å²) in [7, 11) is 0. The third-order valence-corrected chi connectivity index (χ3v) is 3.23. The largest absolute Gasteiger partial charge is 0.314 e. The number of hydrogen-bond donors (Lipinski definition) is 1. The summed E-state index contributed by atoms with van der Waals surface area (Å²) in [6, 6.07) is 5.47. The molecule has 0 radical (unpaired) electrons. The van der Waals surface area contributed by atoms with Crippen LogP contribution in [0.1, 0.15) is 38.7 Å². The van der Waals surface area contributed by atoms with Crippen LogP contribution in [0.15, 0.2) is 18.2 Å². The van der Waals surface area contributed by atoms with E-state index in [1.807, 2.05) is 0 Å². The Kier molecular flexibility index (Phi) is 6.53.